The molecule has 2 fully saturated rings. The second-order valence-corrected chi connectivity index (χ2v) is 11.6. The van der Waals surface area contributed by atoms with E-state index in [1.807, 2.05) is 18.7 Å². The van der Waals surface area contributed by atoms with Crippen LogP contribution in [0.1, 0.15) is 66.7 Å². The average Bonchev–Trinajstić information content (AvgIpc) is 2.97. The summed E-state index contributed by atoms with van der Waals surface area (Å²) in [6, 6.07) is 10.0. The minimum Gasteiger partial charge on any atom is -0.618 e. The second kappa shape index (κ2) is 14.6. The molecule has 0 radical (unpaired) electrons. The largest absolute Gasteiger partial charge is 0.618 e. The molecule has 11 nitrogen and oxygen atoms in total. The van der Waals surface area contributed by atoms with Crippen LogP contribution >= 0.6 is 15.9 Å². The van der Waals surface area contributed by atoms with E-state index in [9.17, 15) is 10.0 Å². The number of carbonyl (C=O) groups excluding carboxylic acids is 1. The molecule has 3 heterocycles. The van der Waals surface area contributed by atoms with Gasteiger partial charge in [0.1, 0.15) is 12.2 Å². The number of aryl methyl sites for hydroxylation is 1. The van der Waals surface area contributed by atoms with Crippen molar-refractivity contribution in [2.24, 2.45) is 11.1 Å². The topological polar surface area (TPSA) is 124 Å². The number of amides is 1. The Morgan fingerprint density at radius 3 is 2.27 bits per heavy atom. The van der Waals surface area contributed by atoms with Gasteiger partial charge in [0.2, 0.25) is 5.69 Å². The lowest BCUT2D eigenvalue weighted by molar-refractivity contribution is -0.749. The number of likely N-dealkylation sites (tertiary alicyclic amines) is 2. The second-order valence-electron chi connectivity index (χ2n) is 10.6. The van der Waals surface area contributed by atoms with E-state index in [-0.39, 0.29) is 11.4 Å². The monoisotopic (exact) mass is 633 g/mol. The van der Waals surface area contributed by atoms with E-state index in [1.165, 1.54) is 6.20 Å². The number of aromatic nitrogens is 1. The summed E-state index contributed by atoms with van der Waals surface area (Å²) >= 11 is 3.52. The van der Waals surface area contributed by atoms with Crippen LogP contribution in [0.2, 0.25) is 0 Å². The van der Waals surface area contributed by atoms with Gasteiger partial charge in [-0.2, -0.15) is 4.73 Å². The first kappa shape index (κ1) is 32.3. The first-order valence-electron chi connectivity index (χ1n) is 13.9. The molecule has 4 rings (SSSR count). The lowest BCUT2D eigenvalue weighted by Gasteiger charge is -2.49. The predicted molar refractivity (Wildman–Crippen MR) is 159 cm³/mol. The van der Waals surface area contributed by atoms with E-state index < -0.39 is 5.09 Å². The van der Waals surface area contributed by atoms with Gasteiger partial charge < -0.3 is 19.8 Å². The summed E-state index contributed by atoms with van der Waals surface area (Å²) in [6.07, 6.45) is 5.40. The number of benzene rings is 1. The van der Waals surface area contributed by atoms with Gasteiger partial charge in [0.25, 0.3) is 11.0 Å². The molecule has 41 heavy (non-hydrogen) atoms. The maximum absolute atomic E-state index is 13.3. The molecular formula is C29H40BrN5O6. The number of rotatable bonds is 7. The van der Waals surface area contributed by atoms with Crippen LogP contribution in [0.5, 0.6) is 0 Å². The summed E-state index contributed by atoms with van der Waals surface area (Å²) in [7, 11) is 1.00. The van der Waals surface area contributed by atoms with Crippen LogP contribution < -0.4 is 4.73 Å². The molecule has 0 atom stereocenters. The number of pyridine rings is 1. The van der Waals surface area contributed by atoms with E-state index >= 15 is 0 Å². The fraction of sp³-hybridized carbons (Fsp3) is 0.552. The van der Waals surface area contributed by atoms with Crippen LogP contribution in [-0.4, -0.2) is 71.9 Å². The third-order valence-electron chi connectivity index (χ3n) is 8.11. The van der Waals surface area contributed by atoms with Gasteiger partial charge in [0, 0.05) is 42.0 Å². The molecule has 2 aliphatic rings. The Hall–Kier alpha value is -3.25. The smallest absolute Gasteiger partial charge is 0.294 e. The molecule has 0 aliphatic carbocycles. The van der Waals surface area contributed by atoms with Gasteiger partial charge in [-0.05, 0) is 82.8 Å². The van der Waals surface area contributed by atoms with Crippen LogP contribution in [0.4, 0.5) is 0 Å². The standard InChI is InChI=1S/C28H37BrN4O3.CH3NO3/c1-5-36-30-26(22-6-8-24(29)9-7-22)23-11-15-32(16-12-23)28(4)13-18-31(19-14-28)27(34)25-20(2)10-17-33(35)21(25)3;1-5-2(3)4/h6-10,17,23H,5,11-16,18-19H2,1-4H3;1H3/b30-26-;. The maximum atomic E-state index is 13.3. The molecule has 2 aliphatic heterocycles. The highest BCUT2D eigenvalue weighted by molar-refractivity contribution is 9.10. The zero-order chi connectivity index (χ0) is 30.2. The van der Waals surface area contributed by atoms with Crippen molar-refractivity contribution in [1.82, 2.24) is 9.80 Å². The number of hydrogen-bond donors (Lipinski definition) is 0. The van der Waals surface area contributed by atoms with Crippen molar-refractivity contribution in [2.45, 2.75) is 58.9 Å². The van der Waals surface area contributed by atoms with Gasteiger partial charge in [0.15, 0.2) is 6.20 Å². The van der Waals surface area contributed by atoms with Crippen molar-refractivity contribution in [3.05, 3.63) is 78.7 Å². The molecule has 0 unspecified atom stereocenters. The molecule has 2 aromatic rings. The Labute approximate surface area is 249 Å². The normalized spacial score (nSPS) is 17.8. The van der Waals surface area contributed by atoms with Crippen LogP contribution in [-0.2, 0) is 9.68 Å². The zero-order valence-corrected chi connectivity index (χ0v) is 26.1. The SMILES string of the molecule is CCO/N=C(/c1ccc(Br)cc1)C1CCN(C2(C)CCN(C(=O)c3c(C)cc[n+]([O-])c3C)CC2)CC1.CO[N+](=O)[O-]. The van der Waals surface area contributed by atoms with Crippen LogP contribution in [0.25, 0.3) is 0 Å². The van der Waals surface area contributed by atoms with E-state index in [4.69, 9.17) is 15.0 Å². The predicted octanol–water partition coefficient (Wildman–Crippen LogP) is 4.67. The van der Waals surface area contributed by atoms with Crippen LogP contribution in [0, 0.1) is 35.1 Å². The number of carbonyl (C=O) groups is 1. The highest BCUT2D eigenvalue weighted by Crippen LogP contribution is 2.34. The van der Waals surface area contributed by atoms with Gasteiger partial charge in [0.05, 0.1) is 12.8 Å². The highest BCUT2D eigenvalue weighted by atomic mass is 79.9. The van der Waals surface area contributed by atoms with E-state index in [0.29, 0.717) is 36.9 Å². The average molecular weight is 635 g/mol. The molecule has 0 N–H and O–H groups in total. The number of hydrogen-bond acceptors (Lipinski definition) is 8. The van der Waals surface area contributed by atoms with Crippen molar-refractivity contribution in [1.29, 1.82) is 0 Å². The van der Waals surface area contributed by atoms with Gasteiger partial charge in [-0.25, -0.2) is 0 Å². The minimum atomic E-state index is -0.875. The summed E-state index contributed by atoms with van der Waals surface area (Å²) in [4.78, 5) is 35.7. The summed E-state index contributed by atoms with van der Waals surface area (Å²) in [5.41, 5.74) is 4.11. The molecular weight excluding hydrogens is 594 g/mol. The number of oxime groups is 1. The number of piperidine rings is 2. The van der Waals surface area contributed by atoms with E-state index in [2.05, 4.69) is 62.0 Å². The third-order valence-corrected chi connectivity index (χ3v) is 8.64. The quantitative estimate of drug-likeness (QED) is 0.143. The molecule has 2 saturated heterocycles. The molecule has 1 aromatic heterocycles. The Morgan fingerprint density at radius 1 is 1.15 bits per heavy atom. The molecule has 0 saturated carbocycles. The van der Waals surface area contributed by atoms with E-state index in [0.717, 1.165) is 71.9 Å². The molecule has 12 heteroatoms. The summed E-state index contributed by atoms with van der Waals surface area (Å²) in [5, 5.41) is 24.6. The first-order valence-corrected chi connectivity index (χ1v) is 14.7. The molecule has 0 spiro atoms. The van der Waals surface area contributed by atoms with E-state index in [1.54, 1.807) is 13.0 Å². The molecule has 1 aromatic carbocycles. The fourth-order valence-electron chi connectivity index (χ4n) is 5.57. The number of halogens is 1. The zero-order valence-electron chi connectivity index (χ0n) is 24.5. The van der Waals surface area contributed by atoms with Crippen molar-refractivity contribution < 1.29 is 24.3 Å². The van der Waals surface area contributed by atoms with Gasteiger partial charge in [-0.1, -0.05) is 33.2 Å². The Bertz CT molecular complexity index is 1220. The fourth-order valence-corrected chi connectivity index (χ4v) is 5.83. The first-order chi connectivity index (χ1) is 19.5. The lowest BCUT2D eigenvalue weighted by atomic mass is 9.82. The van der Waals surface area contributed by atoms with Crippen molar-refractivity contribution in [3.8, 4) is 0 Å². The Morgan fingerprint density at radius 2 is 1.73 bits per heavy atom. The summed E-state index contributed by atoms with van der Waals surface area (Å²) < 4.78 is 1.84. The Kier molecular flexibility index (Phi) is 11.5. The van der Waals surface area contributed by atoms with Gasteiger partial charge in [-0.3, -0.25) is 9.69 Å². The molecule has 1 amide bonds. The minimum absolute atomic E-state index is 0.0257. The maximum Gasteiger partial charge on any atom is 0.294 e. The summed E-state index contributed by atoms with van der Waals surface area (Å²) in [5.74, 6) is 0.337. The van der Waals surface area contributed by atoms with Crippen molar-refractivity contribution >= 4 is 27.5 Å². The van der Waals surface area contributed by atoms with Crippen LogP contribution in [0.15, 0.2) is 46.2 Å². The van der Waals surface area contributed by atoms with Crippen molar-refractivity contribution in [3.63, 3.8) is 0 Å². The molecule has 224 valence electrons. The van der Waals surface area contributed by atoms with Gasteiger partial charge in [-0.15, -0.1) is 10.1 Å². The summed E-state index contributed by atoms with van der Waals surface area (Å²) in [6.45, 7) is 11.9. The third kappa shape index (κ3) is 8.16. The molecule has 0 bridgehead atoms. The number of nitrogens with zero attached hydrogens (tertiary/aromatic N) is 5. The van der Waals surface area contributed by atoms with Gasteiger partial charge >= 0.3 is 0 Å². The lowest BCUT2D eigenvalue weighted by Crippen LogP contribution is -2.57. The Balaban J connectivity index is 0.000000850. The highest BCUT2D eigenvalue weighted by Gasteiger charge is 2.40. The van der Waals surface area contributed by atoms with Crippen molar-refractivity contribution in [2.75, 3.05) is 39.9 Å². The van der Waals surface area contributed by atoms with Crippen LogP contribution in [0.3, 0.4) is 0 Å².